The second-order valence-electron chi connectivity index (χ2n) is 4.21. The largest absolute Gasteiger partial charge is 0.481 e. The number of aliphatic carboxylic acids is 1. The van der Waals surface area contributed by atoms with E-state index in [2.05, 4.69) is 20.9 Å². The number of benzene rings is 1. The highest BCUT2D eigenvalue weighted by atomic mass is 79.9. The number of hydrogen-bond acceptors (Lipinski definition) is 2. The number of rotatable bonds is 4. The van der Waals surface area contributed by atoms with Gasteiger partial charge in [0, 0.05) is 29.5 Å². The zero-order valence-electron chi connectivity index (χ0n) is 10.2. The average molecular weight is 327 g/mol. The molecule has 1 N–H and O–H groups in total. The predicted molar refractivity (Wildman–Crippen MR) is 71.4 cm³/mol. The van der Waals surface area contributed by atoms with Crippen LogP contribution in [0.25, 0.3) is 0 Å². The fourth-order valence-corrected chi connectivity index (χ4v) is 2.39. The molecule has 0 saturated carbocycles. The van der Waals surface area contributed by atoms with Crippen LogP contribution in [0.4, 0.5) is 4.39 Å². The first-order valence-electron chi connectivity index (χ1n) is 5.63. The van der Waals surface area contributed by atoms with Crippen molar-refractivity contribution in [3.63, 3.8) is 0 Å². The fraction of sp³-hybridized carbons (Fsp3) is 0.231. The molecule has 100 valence electrons. The van der Waals surface area contributed by atoms with Gasteiger partial charge in [-0.15, -0.1) is 0 Å². The van der Waals surface area contributed by atoms with E-state index in [0.717, 1.165) is 0 Å². The van der Waals surface area contributed by atoms with Gasteiger partial charge in [0.25, 0.3) is 0 Å². The second kappa shape index (κ2) is 5.52. The van der Waals surface area contributed by atoms with E-state index in [1.165, 1.54) is 6.07 Å². The molecule has 1 atom stereocenters. The maximum absolute atomic E-state index is 13.9. The normalized spacial score (nSPS) is 12.4. The Hall–Kier alpha value is -1.69. The Bertz CT molecular complexity index is 612. The van der Waals surface area contributed by atoms with Gasteiger partial charge in [0.2, 0.25) is 0 Å². The number of aryl methyl sites for hydroxylation is 1. The summed E-state index contributed by atoms with van der Waals surface area (Å²) in [5.41, 5.74) is 0.325. The number of carbonyl (C=O) groups is 1. The molecule has 0 spiro atoms. The van der Waals surface area contributed by atoms with E-state index in [0.29, 0.717) is 15.9 Å². The Morgan fingerprint density at radius 1 is 1.58 bits per heavy atom. The summed E-state index contributed by atoms with van der Waals surface area (Å²) in [6.45, 7) is 0. The van der Waals surface area contributed by atoms with Gasteiger partial charge in [-0.05, 0) is 18.2 Å². The third-order valence-electron chi connectivity index (χ3n) is 2.88. The lowest BCUT2D eigenvalue weighted by Crippen LogP contribution is -2.14. The molecule has 1 heterocycles. The van der Waals surface area contributed by atoms with Gasteiger partial charge in [0.05, 0.1) is 12.3 Å². The first-order chi connectivity index (χ1) is 8.99. The molecule has 0 aliphatic heterocycles. The fourth-order valence-electron chi connectivity index (χ4n) is 2.01. The second-order valence-corrected chi connectivity index (χ2v) is 5.13. The monoisotopic (exact) mass is 326 g/mol. The Labute approximate surface area is 118 Å². The highest BCUT2D eigenvalue weighted by molar-refractivity contribution is 9.10. The summed E-state index contributed by atoms with van der Waals surface area (Å²) < 4.78 is 16.3. The summed E-state index contributed by atoms with van der Waals surface area (Å²) in [5, 5.41) is 9.02. The van der Waals surface area contributed by atoms with E-state index in [-0.39, 0.29) is 6.42 Å². The van der Waals surface area contributed by atoms with Crippen LogP contribution in [0.5, 0.6) is 0 Å². The quantitative estimate of drug-likeness (QED) is 0.939. The van der Waals surface area contributed by atoms with Crippen molar-refractivity contribution in [2.24, 2.45) is 7.05 Å². The molecule has 0 aliphatic carbocycles. The molecular formula is C13H12BrFN2O2. The van der Waals surface area contributed by atoms with E-state index >= 15 is 0 Å². The van der Waals surface area contributed by atoms with Crippen molar-refractivity contribution in [2.45, 2.75) is 12.3 Å². The Balaban J connectivity index is 2.52. The summed E-state index contributed by atoms with van der Waals surface area (Å²) in [6.07, 6.45) is 3.07. The minimum atomic E-state index is -0.993. The number of halogens is 2. The molecule has 2 aromatic rings. The molecule has 1 aromatic heterocycles. The zero-order chi connectivity index (χ0) is 14.0. The molecule has 0 radical (unpaired) electrons. The summed E-state index contributed by atoms with van der Waals surface area (Å²) in [7, 11) is 1.76. The highest BCUT2D eigenvalue weighted by Crippen LogP contribution is 2.30. The molecule has 19 heavy (non-hydrogen) atoms. The summed E-state index contributed by atoms with van der Waals surface area (Å²) in [4.78, 5) is 15.1. The summed E-state index contributed by atoms with van der Waals surface area (Å²) >= 11 is 3.27. The van der Waals surface area contributed by atoms with Crippen LogP contribution >= 0.6 is 15.9 Å². The van der Waals surface area contributed by atoms with Crippen LogP contribution in [0.2, 0.25) is 0 Å². The molecule has 4 nitrogen and oxygen atoms in total. The van der Waals surface area contributed by atoms with Crippen molar-refractivity contribution >= 4 is 21.9 Å². The minimum absolute atomic E-state index is 0.210. The van der Waals surface area contributed by atoms with Crippen LogP contribution < -0.4 is 0 Å². The molecule has 2 rings (SSSR count). The van der Waals surface area contributed by atoms with Gasteiger partial charge >= 0.3 is 5.97 Å². The van der Waals surface area contributed by atoms with Gasteiger partial charge in [-0.1, -0.05) is 15.9 Å². The van der Waals surface area contributed by atoms with Gasteiger partial charge in [0.15, 0.2) is 0 Å². The molecule has 1 aromatic carbocycles. The molecule has 1 unspecified atom stereocenters. The van der Waals surface area contributed by atoms with Crippen molar-refractivity contribution in [3.8, 4) is 0 Å². The van der Waals surface area contributed by atoms with Gasteiger partial charge in [0.1, 0.15) is 11.6 Å². The van der Waals surface area contributed by atoms with Crippen molar-refractivity contribution in [2.75, 3.05) is 0 Å². The third kappa shape index (κ3) is 3.01. The SMILES string of the molecule is Cn1ccnc1C(CC(=O)O)c1cc(Br)ccc1F. The van der Waals surface area contributed by atoms with Gasteiger partial charge in [-0.25, -0.2) is 9.37 Å². The van der Waals surface area contributed by atoms with Crippen LogP contribution in [-0.4, -0.2) is 20.6 Å². The Kier molecular flexibility index (Phi) is 3.99. The van der Waals surface area contributed by atoms with Crippen LogP contribution in [0, 0.1) is 5.82 Å². The summed E-state index contributed by atoms with van der Waals surface area (Å²) in [5.74, 6) is -1.51. The van der Waals surface area contributed by atoms with Crippen LogP contribution in [-0.2, 0) is 11.8 Å². The number of nitrogens with zero attached hydrogens (tertiary/aromatic N) is 2. The Morgan fingerprint density at radius 2 is 2.32 bits per heavy atom. The molecule has 0 amide bonds. The third-order valence-corrected chi connectivity index (χ3v) is 3.38. The molecule has 0 saturated heterocycles. The molecule has 0 bridgehead atoms. The van der Waals surface area contributed by atoms with Crippen LogP contribution in [0.1, 0.15) is 23.7 Å². The van der Waals surface area contributed by atoms with E-state index in [1.807, 2.05) is 0 Å². The number of carboxylic acids is 1. The standard InChI is InChI=1S/C13H12BrFN2O2/c1-17-5-4-16-13(17)10(7-12(18)19)9-6-8(14)2-3-11(9)15/h2-6,10H,7H2,1H3,(H,18,19). The van der Waals surface area contributed by atoms with Crippen LogP contribution in [0.15, 0.2) is 35.1 Å². The maximum atomic E-state index is 13.9. The molecule has 0 fully saturated rings. The topological polar surface area (TPSA) is 55.1 Å². The Morgan fingerprint density at radius 3 is 2.89 bits per heavy atom. The van der Waals surface area contributed by atoms with E-state index in [4.69, 9.17) is 5.11 Å². The predicted octanol–water partition coefficient (Wildman–Crippen LogP) is 2.93. The van der Waals surface area contributed by atoms with E-state index in [1.54, 1.807) is 36.1 Å². The average Bonchev–Trinajstić information content (AvgIpc) is 2.75. The van der Waals surface area contributed by atoms with E-state index < -0.39 is 17.7 Å². The lowest BCUT2D eigenvalue weighted by molar-refractivity contribution is -0.137. The maximum Gasteiger partial charge on any atom is 0.304 e. The number of carboxylic acid groups (broad SMARTS) is 1. The van der Waals surface area contributed by atoms with Crippen molar-refractivity contribution in [1.29, 1.82) is 0 Å². The molecule has 6 heteroatoms. The lowest BCUT2D eigenvalue weighted by atomic mass is 9.94. The zero-order valence-corrected chi connectivity index (χ0v) is 11.8. The number of aromatic nitrogens is 2. The number of imidazole rings is 1. The van der Waals surface area contributed by atoms with Gasteiger partial charge in [-0.3, -0.25) is 4.79 Å². The van der Waals surface area contributed by atoms with E-state index in [9.17, 15) is 9.18 Å². The van der Waals surface area contributed by atoms with Crippen molar-refractivity contribution in [1.82, 2.24) is 9.55 Å². The van der Waals surface area contributed by atoms with Gasteiger partial charge < -0.3 is 9.67 Å². The highest BCUT2D eigenvalue weighted by Gasteiger charge is 2.24. The summed E-state index contributed by atoms with van der Waals surface area (Å²) in [6, 6.07) is 4.49. The number of hydrogen-bond donors (Lipinski definition) is 1. The van der Waals surface area contributed by atoms with Crippen molar-refractivity contribution < 1.29 is 14.3 Å². The van der Waals surface area contributed by atoms with Gasteiger partial charge in [-0.2, -0.15) is 0 Å². The first kappa shape index (κ1) is 13.7. The molecular weight excluding hydrogens is 315 g/mol. The molecule has 0 aliphatic rings. The minimum Gasteiger partial charge on any atom is -0.481 e. The van der Waals surface area contributed by atoms with Crippen LogP contribution in [0.3, 0.4) is 0 Å². The smallest absolute Gasteiger partial charge is 0.304 e. The lowest BCUT2D eigenvalue weighted by Gasteiger charge is -2.16. The first-order valence-corrected chi connectivity index (χ1v) is 6.42. The van der Waals surface area contributed by atoms with Crippen molar-refractivity contribution in [3.05, 3.63) is 52.3 Å².